The standard InChI is InChI=1S/C20H20ClNO4/c1-25-17-10-13(14(12-21)11-18(17)26-2)6-5-9-22-19(23)15-7-3-4-8-16(15)20(22)24/h3-4,7-8,10-11H,5-6,9,12H2,1-2H3. The molecule has 26 heavy (non-hydrogen) atoms. The van der Waals surface area contributed by atoms with Gasteiger partial charge in [-0.25, -0.2) is 0 Å². The summed E-state index contributed by atoms with van der Waals surface area (Å²) < 4.78 is 10.6. The zero-order valence-corrected chi connectivity index (χ0v) is 15.5. The molecule has 0 bridgehead atoms. The Morgan fingerprint density at radius 1 is 0.923 bits per heavy atom. The molecule has 1 aliphatic heterocycles. The van der Waals surface area contributed by atoms with Crippen molar-refractivity contribution in [2.24, 2.45) is 0 Å². The van der Waals surface area contributed by atoms with Gasteiger partial charge < -0.3 is 9.47 Å². The number of halogens is 1. The quantitative estimate of drug-likeness (QED) is 0.549. The molecule has 0 spiro atoms. The Morgan fingerprint density at radius 2 is 1.46 bits per heavy atom. The lowest BCUT2D eigenvalue weighted by molar-refractivity contribution is 0.0652. The highest BCUT2D eigenvalue weighted by atomic mass is 35.5. The van der Waals surface area contributed by atoms with Gasteiger partial charge in [0.1, 0.15) is 0 Å². The Kier molecular flexibility index (Phi) is 5.47. The number of hydrogen-bond acceptors (Lipinski definition) is 4. The molecule has 0 unspecified atom stereocenters. The summed E-state index contributed by atoms with van der Waals surface area (Å²) in [7, 11) is 3.17. The highest BCUT2D eigenvalue weighted by Crippen LogP contribution is 2.32. The van der Waals surface area contributed by atoms with Crippen LogP contribution in [0.25, 0.3) is 0 Å². The number of alkyl halides is 1. The lowest BCUT2D eigenvalue weighted by atomic mass is 10.0. The molecule has 0 radical (unpaired) electrons. The maximum Gasteiger partial charge on any atom is 0.261 e. The van der Waals surface area contributed by atoms with Crippen molar-refractivity contribution < 1.29 is 19.1 Å². The first kappa shape index (κ1) is 18.3. The van der Waals surface area contributed by atoms with Gasteiger partial charge in [-0.05, 0) is 48.2 Å². The normalized spacial score (nSPS) is 13.1. The van der Waals surface area contributed by atoms with Crippen molar-refractivity contribution in [2.75, 3.05) is 20.8 Å². The molecule has 0 aromatic heterocycles. The van der Waals surface area contributed by atoms with E-state index in [4.69, 9.17) is 21.1 Å². The summed E-state index contributed by atoms with van der Waals surface area (Å²) in [6.07, 6.45) is 1.32. The summed E-state index contributed by atoms with van der Waals surface area (Å²) in [5.74, 6) is 1.16. The predicted octanol–water partition coefficient (Wildman–Crippen LogP) is 3.67. The van der Waals surface area contributed by atoms with Crippen LogP contribution in [-0.4, -0.2) is 37.5 Å². The number of amides is 2. The Morgan fingerprint density at radius 3 is 1.96 bits per heavy atom. The molecule has 2 aromatic carbocycles. The molecule has 3 rings (SSSR count). The number of carbonyl (C=O) groups excluding carboxylic acids is 2. The molecule has 0 saturated carbocycles. The van der Waals surface area contributed by atoms with Gasteiger partial charge in [0.05, 0.1) is 25.3 Å². The smallest absolute Gasteiger partial charge is 0.261 e. The van der Waals surface area contributed by atoms with Crippen LogP contribution in [0, 0.1) is 0 Å². The summed E-state index contributed by atoms with van der Waals surface area (Å²) >= 11 is 6.05. The number of carbonyl (C=O) groups is 2. The minimum absolute atomic E-state index is 0.226. The van der Waals surface area contributed by atoms with E-state index in [2.05, 4.69) is 0 Å². The number of rotatable bonds is 7. The van der Waals surface area contributed by atoms with Gasteiger partial charge in [0.2, 0.25) is 0 Å². The third-order valence-electron chi connectivity index (χ3n) is 4.56. The fraction of sp³-hybridized carbons (Fsp3) is 0.300. The summed E-state index contributed by atoms with van der Waals surface area (Å²) in [4.78, 5) is 26.1. The van der Waals surface area contributed by atoms with E-state index in [1.54, 1.807) is 38.5 Å². The third-order valence-corrected chi connectivity index (χ3v) is 4.84. The van der Waals surface area contributed by atoms with Crippen LogP contribution in [0.4, 0.5) is 0 Å². The molecule has 1 aliphatic rings. The van der Waals surface area contributed by atoms with E-state index in [-0.39, 0.29) is 11.8 Å². The lowest BCUT2D eigenvalue weighted by Crippen LogP contribution is -2.31. The fourth-order valence-corrected chi connectivity index (χ4v) is 3.44. The van der Waals surface area contributed by atoms with Crippen LogP contribution >= 0.6 is 11.6 Å². The summed E-state index contributed by atoms with van der Waals surface area (Å²) in [6.45, 7) is 0.364. The summed E-state index contributed by atoms with van der Waals surface area (Å²) in [5, 5.41) is 0. The molecule has 0 N–H and O–H groups in total. The van der Waals surface area contributed by atoms with Crippen molar-refractivity contribution in [3.63, 3.8) is 0 Å². The van der Waals surface area contributed by atoms with Crippen LogP contribution in [-0.2, 0) is 12.3 Å². The predicted molar refractivity (Wildman–Crippen MR) is 99.2 cm³/mol. The van der Waals surface area contributed by atoms with Gasteiger partial charge >= 0.3 is 0 Å². The first-order valence-corrected chi connectivity index (χ1v) is 8.89. The number of benzene rings is 2. The van der Waals surface area contributed by atoms with E-state index in [1.165, 1.54) is 4.90 Å². The second kappa shape index (κ2) is 7.79. The molecule has 2 amide bonds. The molecule has 136 valence electrons. The van der Waals surface area contributed by atoms with E-state index in [0.717, 1.165) is 11.1 Å². The fourth-order valence-electron chi connectivity index (χ4n) is 3.19. The van der Waals surface area contributed by atoms with Crippen molar-refractivity contribution in [3.05, 3.63) is 58.7 Å². The Hall–Kier alpha value is -2.53. The van der Waals surface area contributed by atoms with E-state index < -0.39 is 0 Å². The van der Waals surface area contributed by atoms with Gasteiger partial charge in [0.15, 0.2) is 11.5 Å². The number of hydrogen-bond donors (Lipinski definition) is 0. The number of imide groups is 1. The van der Waals surface area contributed by atoms with Crippen molar-refractivity contribution in [1.82, 2.24) is 4.90 Å². The van der Waals surface area contributed by atoms with Crippen LogP contribution in [0.3, 0.4) is 0 Å². The van der Waals surface area contributed by atoms with Crippen LogP contribution < -0.4 is 9.47 Å². The Labute approximate surface area is 157 Å². The first-order valence-electron chi connectivity index (χ1n) is 8.35. The molecule has 6 heteroatoms. The van der Waals surface area contributed by atoms with Crippen LogP contribution in [0.1, 0.15) is 38.3 Å². The molecule has 0 fully saturated rings. The van der Waals surface area contributed by atoms with Gasteiger partial charge in [-0.1, -0.05) is 12.1 Å². The number of fused-ring (bicyclic) bond motifs is 1. The second-order valence-corrected chi connectivity index (χ2v) is 6.29. The average molecular weight is 374 g/mol. The first-order chi connectivity index (χ1) is 12.6. The van der Waals surface area contributed by atoms with Gasteiger partial charge in [-0.2, -0.15) is 0 Å². The second-order valence-electron chi connectivity index (χ2n) is 6.02. The van der Waals surface area contributed by atoms with Crippen LogP contribution in [0.5, 0.6) is 11.5 Å². The topological polar surface area (TPSA) is 55.8 Å². The average Bonchev–Trinajstić information content (AvgIpc) is 2.92. The molecule has 2 aromatic rings. The van der Waals surface area contributed by atoms with Crippen molar-refractivity contribution in [1.29, 1.82) is 0 Å². The van der Waals surface area contributed by atoms with Gasteiger partial charge in [-0.3, -0.25) is 14.5 Å². The maximum absolute atomic E-state index is 12.4. The molecular weight excluding hydrogens is 354 g/mol. The van der Waals surface area contributed by atoms with Crippen LogP contribution in [0.2, 0.25) is 0 Å². The molecule has 0 saturated heterocycles. The zero-order chi connectivity index (χ0) is 18.7. The Balaban J connectivity index is 1.71. The molecule has 0 aliphatic carbocycles. The minimum Gasteiger partial charge on any atom is -0.493 e. The molecule has 5 nitrogen and oxygen atoms in total. The Bertz CT molecular complexity index is 815. The minimum atomic E-state index is -0.226. The largest absolute Gasteiger partial charge is 0.493 e. The zero-order valence-electron chi connectivity index (χ0n) is 14.8. The van der Waals surface area contributed by atoms with Crippen molar-refractivity contribution in [3.8, 4) is 11.5 Å². The highest BCUT2D eigenvalue weighted by molar-refractivity contribution is 6.21. The van der Waals surface area contributed by atoms with E-state index in [9.17, 15) is 9.59 Å². The third kappa shape index (κ3) is 3.27. The molecule has 1 heterocycles. The number of methoxy groups -OCH3 is 2. The lowest BCUT2D eigenvalue weighted by Gasteiger charge is -2.16. The highest BCUT2D eigenvalue weighted by Gasteiger charge is 2.34. The van der Waals surface area contributed by atoms with Gasteiger partial charge in [0, 0.05) is 12.4 Å². The van der Waals surface area contributed by atoms with Crippen molar-refractivity contribution >= 4 is 23.4 Å². The van der Waals surface area contributed by atoms with Crippen LogP contribution in [0.15, 0.2) is 36.4 Å². The SMILES string of the molecule is COc1cc(CCl)c(CCCN2C(=O)c3ccccc3C2=O)cc1OC. The summed E-state index contributed by atoms with van der Waals surface area (Å²) in [6, 6.07) is 10.7. The van der Waals surface area contributed by atoms with Gasteiger partial charge in [-0.15, -0.1) is 11.6 Å². The molecule has 0 atom stereocenters. The van der Waals surface area contributed by atoms with E-state index >= 15 is 0 Å². The van der Waals surface area contributed by atoms with E-state index in [0.29, 0.717) is 47.9 Å². The van der Waals surface area contributed by atoms with Crippen molar-refractivity contribution in [2.45, 2.75) is 18.7 Å². The number of ether oxygens (including phenoxy) is 2. The number of nitrogens with zero attached hydrogens (tertiary/aromatic N) is 1. The monoisotopic (exact) mass is 373 g/mol. The van der Waals surface area contributed by atoms with Gasteiger partial charge in [0.25, 0.3) is 11.8 Å². The number of aryl methyl sites for hydroxylation is 1. The van der Waals surface area contributed by atoms with E-state index in [1.807, 2.05) is 12.1 Å². The maximum atomic E-state index is 12.4. The summed E-state index contributed by atoms with van der Waals surface area (Å²) in [5.41, 5.74) is 2.93. The molecular formula is C20H20ClNO4.